The monoisotopic (exact) mass is 302 g/mol. The van der Waals surface area contributed by atoms with Crippen molar-refractivity contribution in [3.8, 4) is 0 Å². The molecule has 0 aromatic rings. The number of hydrogen-bond acceptors (Lipinski definition) is 5. The molecule has 0 radical (unpaired) electrons. The first kappa shape index (κ1) is 18.8. The predicted octanol–water partition coefficient (Wildman–Crippen LogP) is 1.25. The number of nitrogens with one attached hydrogen (secondary N) is 1. The average Bonchev–Trinajstić information content (AvgIpc) is 2.85. The summed E-state index contributed by atoms with van der Waals surface area (Å²) in [6, 6.07) is 0.394. The van der Waals surface area contributed by atoms with Crippen molar-refractivity contribution in [1.82, 2.24) is 10.2 Å². The number of rotatable bonds is 10. The van der Waals surface area contributed by atoms with Gasteiger partial charge in [0, 0.05) is 38.9 Å². The van der Waals surface area contributed by atoms with E-state index in [1.807, 2.05) is 0 Å². The van der Waals surface area contributed by atoms with Crippen LogP contribution in [0.2, 0.25) is 0 Å². The van der Waals surface area contributed by atoms with Gasteiger partial charge in [0.15, 0.2) is 0 Å². The van der Waals surface area contributed by atoms with E-state index in [1.54, 1.807) is 14.2 Å². The van der Waals surface area contributed by atoms with Gasteiger partial charge in [0.25, 0.3) is 0 Å². The molecular formula is C16H34N2O3. The third-order valence-electron chi connectivity index (χ3n) is 4.34. The van der Waals surface area contributed by atoms with Crippen LogP contribution in [0.4, 0.5) is 0 Å². The largest absolute Gasteiger partial charge is 0.394 e. The van der Waals surface area contributed by atoms with Crippen LogP contribution < -0.4 is 5.32 Å². The molecule has 1 rings (SSSR count). The van der Waals surface area contributed by atoms with E-state index in [-0.39, 0.29) is 24.4 Å². The fourth-order valence-electron chi connectivity index (χ4n) is 3.20. The number of likely N-dealkylation sites (tertiary alicyclic amines) is 1. The quantitative estimate of drug-likeness (QED) is 0.595. The molecule has 21 heavy (non-hydrogen) atoms. The third-order valence-corrected chi connectivity index (χ3v) is 4.34. The molecule has 0 bridgehead atoms. The summed E-state index contributed by atoms with van der Waals surface area (Å²) in [7, 11) is 3.51. The first-order chi connectivity index (χ1) is 9.94. The number of aliphatic hydroxyl groups is 1. The van der Waals surface area contributed by atoms with Crippen LogP contribution in [0.25, 0.3) is 0 Å². The predicted molar refractivity (Wildman–Crippen MR) is 85.6 cm³/mol. The lowest BCUT2D eigenvalue weighted by atomic mass is 9.95. The van der Waals surface area contributed by atoms with Crippen LogP contribution in [0.5, 0.6) is 0 Å². The average molecular weight is 302 g/mol. The summed E-state index contributed by atoms with van der Waals surface area (Å²) < 4.78 is 10.9. The van der Waals surface area contributed by atoms with Gasteiger partial charge in [-0.25, -0.2) is 0 Å². The molecule has 2 N–H and O–H groups in total. The Kier molecular flexibility index (Phi) is 8.13. The van der Waals surface area contributed by atoms with Crippen LogP contribution in [0.3, 0.4) is 0 Å². The first-order valence-corrected chi connectivity index (χ1v) is 8.10. The van der Waals surface area contributed by atoms with Gasteiger partial charge in [-0.1, -0.05) is 20.3 Å². The van der Waals surface area contributed by atoms with E-state index in [0.29, 0.717) is 6.04 Å². The summed E-state index contributed by atoms with van der Waals surface area (Å²) >= 11 is 0. The summed E-state index contributed by atoms with van der Waals surface area (Å²) in [5.74, 6) is 0. The second-order valence-electron chi connectivity index (χ2n) is 6.78. The van der Waals surface area contributed by atoms with Crippen molar-refractivity contribution in [3.05, 3.63) is 0 Å². The number of nitrogens with zero attached hydrogens (tertiary/aromatic N) is 1. The molecule has 3 atom stereocenters. The Morgan fingerprint density at radius 2 is 1.76 bits per heavy atom. The van der Waals surface area contributed by atoms with Gasteiger partial charge in [0.1, 0.15) is 0 Å². The van der Waals surface area contributed by atoms with Crippen molar-refractivity contribution in [2.75, 3.05) is 40.5 Å². The number of ether oxygens (including phenoxy) is 2. The van der Waals surface area contributed by atoms with Crippen LogP contribution in [-0.2, 0) is 9.47 Å². The number of methoxy groups -OCH3 is 2. The highest BCUT2D eigenvalue weighted by Gasteiger charge is 2.32. The fourth-order valence-corrected chi connectivity index (χ4v) is 3.20. The maximum absolute atomic E-state index is 9.57. The van der Waals surface area contributed by atoms with Gasteiger partial charge in [-0.05, 0) is 26.3 Å². The molecule has 5 heteroatoms. The molecule has 0 spiro atoms. The molecule has 5 nitrogen and oxygen atoms in total. The molecule has 1 aliphatic rings. The zero-order chi connectivity index (χ0) is 15.9. The number of unbranched alkanes of at least 4 members (excludes halogenated alkanes) is 1. The highest BCUT2D eigenvalue weighted by atomic mass is 16.5. The van der Waals surface area contributed by atoms with Crippen molar-refractivity contribution >= 4 is 0 Å². The Hall–Kier alpha value is -0.200. The molecule has 126 valence electrons. The topological polar surface area (TPSA) is 54.0 Å². The maximum atomic E-state index is 9.57. The van der Waals surface area contributed by atoms with Gasteiger partial charge in [-0.3, -0.25) is 4.90 Å². The standard InChI is InChI=1S/C16H34N2O3/c1-13(2)17-16(3,12-19)8-6-7-9-18-10-14(20-4)15(11-18)21-5/h13-15,17,19H,6-12H2,1-5H3. The Labute approximate surface area is 130 Å². The van der Waals surface area contributed by atoms with Gasteiger partial charge in [0.05, 0.1) is 18.8 Å². The minimum atomic E-state index is -0.163. The molecule has 0 aliphatic carbocycles. The van der Waals surface area contributed by atoms with Crippen LogP contribution in [0, 0.1) is 0 Å². The zero-order valence-electron chi connectivity index (χ0n) is 14.4. The molecule has 0 aromatic heterocycles. The lowest BCUT2D eigenvalue weighted by Crippen LogP contribution is -2.49. The molecule has 0 saturated carbocycles. The van der Waals surface area contributed by atoms with Crippen LogP contribution in [-0.4, -0.2) is 74.3 Å². The molecule has 0 aromatic carbocycles. The van der Waals surface area contributed by atoms with Crippen LogP contribution in [0.15, 0.2) is 0 Å². The number of hydrogen-bond donors (Lipinski definition) is 2. The van der Waals surface area contributed by atoms with Gasteiger partial charge in [-0.15, -0.1) is 0 Å². The summed E-state index contributed by atoms with van der Waals surface area (Å²) in [4.78, 5) is 2.41. The SMILES string of the molecule is COC1CN(CCCCC(C)(CO)NC(C)C)CC1OC. The molecule has 1 aliphatic heterocycles. The summed E-state index contributed by atoms with van der Waals surface area (Å²) in [6.07, 6.45) is 3.64. The lowest BCUT2D eigenvalue weighted by molar-refractivity contribution is -0.00461. The fraction of sp³-hybridized carbons (Fsp3) is 1.00. The van der Waals surface area contributed by atoms with Crippen molar-refractivity contribution in [2.45, 2.75) is 63.8 Å². The Bertz CT molecular complexity index is 277. The van der Waals surface area contributed by atoms with Gasteiger partial charge < -0.3 is 19.9 Å². The first-order valence-electron chi connectivity index (χ1n) is 8.10. The highest BCUT2D eigenvalue weighted by Crippen LogP contribution is 2.18. The Morgan fingerprint density at radius 1 is 1.19 bits per heavy atom. The van der Waals surface area contributed by atoms with Crippen molar-refractivity contribution in [2.24, 2.45) is 0 Å². The van der Waals surface area contributed by atoms with E-state index in [1.165, 1.54) is 0 Å². The normalized spacial score (nSPS) is 26.4. The van der Waals surface area contributed by atoms with Crippen LogP contribution >= 0.6 is 0 Å². The lowest BCUT2D eigenvalue weighted by Gasteiger charge is -2.31. The number of aliphatic hydroxyl groups excluding tert-OH is 1. The Morgan fingerprint density at radius 3 is 2.19 bits per heavy atom. The van der Waals surface area contributed by atoms with E-state index in [2.05, 4.69) is 31.0 Å². The highest BCUT2D eigenvalue weighted by molar-refractivity contribution is 4.86. The second-order valence-corrected chi connectivity index (χ2v) is 6.78. The van der Waals surface area contributed by atoms with E-state index in [0.717, 1.165) is 38.9 Å². The molecule has 1 saturated heterocycles. The molecule has 1 heterocycles. The Balaban J connectivity index is 2.25. The third kappa shape index (κ3) is 6.20. The summed E-state index contributed by atoms with van der Waals surface area (Å²) in [6.45, 7) is 9.51. The van der Waals surface area contributed by atoms with Crippen molar-refractivity contribution in [1.29, 1.82) is 0 Å². The zero-order valence-corrected chi connectivity index (χ0v) is 14.4. The van der Waals surface area contributed by atoms with E-state index >= 15 is 0 Å². The second kappa shape index (κ2) is 9.06. The summed E-state index contributed by atoms with van der Waals surface area (Å²) in [5, 5.41) is 13.0. The van der Waals surface area contributed by atoms with E-state index < -0.39 is 0 Å². The van der Waals surface area contributed by atoms with Crippen molar-refractivity contribution in [3.63, 3.8) is 0 Å². The smallest absolute Gasteiger partial charge is 0.0971 e. The summed E-state index contributed by atoms with van der Waals surface area (Å²) in [5.41, 5.74) is -0.163. The van der Waals surface area contributed by atoms with Gasteiger partial charge in [-0.2, -0.15) is 0 Å². The van der Waals surface area contributed by atoms with Gasteiger partial charge in [0.2, 0.25) is 0 Å². The minimum absolute atomic E-state index is 0.163. The van der Waals surface area contributed by atoms with E-state index in [4.69, 9.17) is 9.47 Å². The maximum Gasteiger partial charge on any atom is 0.0971 e. The molecular weight excluding hydrogens is 268 g/mol. The molecule has 3 unspecified atom stereocenters. The van der Waals surface area contributed by atoms with Crippen LogP contribution in [0.1, 0.15) is 40.0 Å². The molecule has 1 fully saturated rings. The van der Waals surface area contributed by atoms with Gasteiger partial charge >= 0.3 is 0 Å². The van der Waals surface area contributed by atoms with Crippen molar-refractivity contribution < 1.29 is 14.6 Å². The van der Waals surface area contributed by atoms with E-state index in [9.17, 15) is 5.11 Å². The molecule has 0 amide bonds. The minimum Gasteiger partial charge on any atom is -0.394 e.